The van der Waals surface area contributed by atoms with E-state index in [2.05, 4.69) is 36.1 Å². The zero-order valence-electron chi connectivity index (χ0n) is 24.7. The number of aromatic nitrogens is 3. The maximum absolute atomic E-state index is 13.5. The summed E-state index contributed by atoms with van der Waals surface area (Å²) in [6.45, 7) is 0. The largest absolute Gasteiger partial charge is 0.324 e. The molecule has 6 N–H and O–H groups in total. The molecule has 0 amide bonds. The lowest BCUT2D eigenvalue weighted by Gasteiger charge is -2.18. The highest BCUT2D eigenvalue weighted by Gasteiger charge is 2.33. The highest BCUT2D eigenvalue weighted by Crippen LogP contribution is 2.32. The standard InChI is InChI=1S/C29H20ClN7O10S3/c30-27-33-28(31-17-5-3-6-19(14-17)48(39,40)41)35-29(34-27)32-18-9-10-20-16(12-18)13-23(49(42,43)44)24(25(20)38)37-36-22-11-8-15-4-1-2-7-21(15)26(22)50(45,46)47/h1-14,36H,(H,39,40,41)(H,42,43,44)(H,45,46,47)(H2,31,32,33,34,35). The van der Waals surface area contributed by atoms with Crippen LogP contribution < -0.4 is 16.1 Å². The highest BCUT2D eigenvalue weighted by molar-refractivity contribution is 7.91. The van der Waals surface area contributed by atoms with E-state index in [1.807, 2.05) is 0 Å². The van der Waals surface area contributed by atoms with Crippen molar-refractivity contribution in [3.8, 4) is 0 Å². The average Bonchev–Trinajstić information content (AvgIpc) is 3.02. The Labute approximate surface area is 288 Å². The number of halogens is 1. The van der Waals surface area contributed by atoms with Crippen molar-refractivity contribution >= 4 is 99.3 Å². The van der Waals surface area contributed by atoms with E-state index >= 15 is 0 Å². The SMILES string of the molecule is O=C1C(=NNc2ccc3ccccc3c2S(=O)(=O)O)C(S(=O)(=O)O)=Cc2cc(Nc3nc(Cl)nc(Nc4cccc(S(=O)(=O)O)c4)n3)ccc21. The van der Waals surface area contributed by atoms with Gasteiger partial charge >= 0.3 is 0 Å². The number of hydrazone groups is 1. The average molecular weight is 758 g/mol. The summed E-state index contributed by atoms with van der Waals surface area (Å²) in [7, 11) is -14.4. The minimum absolute atomic E-state index is 0.0245. The summed E-state index contributed by atoms with van der Waals surface area (Å²) in [5.41, 5.74) is 1.68. The Morgan fingerprint density at radius 2 is 1.38 bits per heavy atom. The van der Waals surface area contributed by atoms with E-state index in [0.29, 0.717) is 5.39 Å². The molecule has 0 radical (unpaired) electrons. The number of nitrogens with zero attached hydrogens (tertiary/aromatic N) is 4. The maximum atomic E-state index is 13.5. The number of hydrogen-bond acceptors (Lipinski definition) is 14. The molecule has 5 aromatic rings. The van der Waals surface area contributed by atoms with Crippen LogP contribution in [0.5, 0.6) is 0 Å². The Morgan fingerprint density at radius 1 is 0.700 bits per heavy atom. The first-order valence-corrected chi connectivity index (χ1v) is 18.4. The molecule has 17 nitrogen and oxygen atoms in total. The quantitative estimate of drug-likeness (QED) is 0.0889. The van der Waals surface area contributed by atoms with Crippen LogP contribution in [-0.4, -0.2) is 65.4 Å². The number of nitrogens with one attached hydrogen (secondary N) is 3. The Balaban J connectivity index is 1.32. The Kier molecular flexibility index (Phi) is 8.86. The predicted octanol–water partition coefficient (Wildman–Crippen LogP) is 4.55. The van der Waals surface area contributed by atoms with Gasteiger partial charge in [-0.25, -0.2) is 0 Å². The van der Waals surface area contributed by atoms with Gasteiger partial charge < -0.3 is 10.6 Å². The van der Waals surface area contributed by atoms with Crippen LogP contribution in [0.3, 0.4) is 0 Å². The zero-order chi connectivity index (χ0) is 36.0. The fourth-order valence-electron chi connectivity index (χ4n) is 4.90. The number of carbonyl (C=O) groups is 1. The Hall–Kier alpha value is -5.35. The molecule has 256 valence electrons. The van der Waals surface area contributed by atoms with Crippen molar-refractivity contribution < 1.29 is 43.7 Å². The van der Waals surface area contributed by atoms with Gasteiger partial charge in [0.2, 0.25) is 23.0 Å². The molecule has 0 fully saturated rings. The molecule has 0 aliphatic heterocycles. The number of hydrogen-bond donors (Lipinski definition) is 6. The molecule has 0 saturated carbocycles. The minimum atomic E-state index is -5.08. The number of allylic oxidation sites excluding steroid dienone is 1. The maximum Gasteiger partial charge on any atom is 0.297 e. The van der Waals surface area contributed by atoms with Crippen molar-refractivity contribution in [3.63, 3.8) is 0 Å². The second kappa shape index (κ2) is 12.8. The summed E-state index contributed by atoms with van der Waals surface area (Å²) in [5.74, 6) is -1.21. The van der Waals surface area contributed by atoms with Gasteiger partial charge in [0.15, 0.2) is 5.71 Å². The number of ketones is 1. The highest BCUT2D eigenvalue weighted by atomic mass is 35.5. The lowest BCUT2D eigenvalue weighted by molar-refractivity contribution is 0.106. The van der Waals surface area contributed by atoms with E-state index in [1.165, 1.54) is 60.7 Å². The lowest BCUT2D eigenvalue weighted by atomic mass is 9.94. The lowest BCUT2D eigenvalue weighted by Crippen LogP contribution is -2.27. The molecular formula is C29H20ClN7O10S3. The fraction of sp³-hybridized carbons (Fsp3) is 0. The van der Waals surface area contributed by atoms with E-state index in [9.17, 15) is 43.7 Å². The fourth-order valence-corrected chi connectivity index (χ4v) is 7.10. The molecule has 1 aromatic heterocycles. The van der Waals surface area contributed by atoms with Crippen LogP contribution in [0.15, 0.2) is 98.7 Å². The summed E-state index contributed by atoms with van der Waals surface area (Å²) in [6.07, 6.45) is 0.970. The summed E-state index contributed by atoms with van der Waals surface area (Å²) in [6, 6.07) is 18.2. The van der Waals surface area contributed by atoms with Crippen LogP contribution in [-0.2, 0) is 30.4 Å². The molecule has 4 aromatic carbocycles. The monoisotopic (exact) mass is 757 g/mol. The van der Waals surface area contributed by atoms with Gasteiger partial charge in [0.05, 0.1) is 10.6 Å². The van der Waals surface area contributed by atoms with Gasteiger partial charge in [-0.15, -0.1) is 0 Å². The van der Waals surface area contributed by atoms with Crippen LogP contribution in [0, 0.1) is 0 Å². The van der Waals surface area contributed by atoms with Gasteiger partial charge in [0.1, 0.15) is 9.80 Å². The summed E-state index contributed by atoms with van der Waals surface area (Å²) in [4.78, 5) is 23.7. The summed E-state index contributed by atoms with van der Waals surface area (Å²) >= 11 is 6.05. The topological polar surface area (TPSA) is 267 Å². The number of carbonyl (C=O) groups excluding carboxylic acids is 1. The summed E-state index contributed by atoms with van der Waals surface area (Å²) in [5, 5.41) is 9.70. The van der Waals surface area contributed by atoms with Crippen molar-refractivity contribution in [3.05, 3.63) is 100 Å². The van der Waals surface area contributed by atoms with E-state index in [4.69, 9.17) is 11.6 Å². The third-order valence-electron chi connectivity index (χ3n) is 6.99. The van der Waals surface area contributed by atoms with Gasteiger partial charge in [0.25, 0.3) is 30.4 Å². The molecule has 0 unspecified atom stereocenters. The third kappa shape index (κ3) is 7.30. The third-order valence-corrected chi connectivity index (χ3v) is 9.83. The van der Waals surface area contributed by atoms with Crippen molar-refractivity contribution in [1.29, 1.82) is 0 Å². The second-order valence-corrected chi connectivity index (χ2v) is 14.8. The van der Waals surface area contributed by atoms with Crippen LogP contribution in [0.2, 0.25) is 5.28 Å². The van der Waals surface area contributed by atoms with E-state index < -0.39 is 51.6 Å². The molecule has 0 spiro atoms. The smallest absolute Gasteiger partial charge is 0.297 e. The van der Waals surface area contributed by atoms with Gasteiger partial charge in [-0.05, 0) is 71.1 Å². The Bertz CT molecular complexity index is 2650. The zero-order valence-corrected chi connectivity index (χ0v) is 27.9. The van der Waals surface area contributed by atoms with Crippen LogP contribution in [0.4, 0.5) is 29.0 Å². The Morgan fingerprint density at radius 3 is 2.04 bits per heavy atom. The molecule has 0 saturated heterocycles. The number of Topliss-reactive ketones (excluding diaryl/α,β-unsaturated/α-hetero) is 1. The predicted molar refractivity (Wildman–Crippen MR) is 183 cm³/mol. The summed E-state index contributed by atoms with van der Waals surface area (Å²) < 4.78 is 102. The first kappa shape index (κ1) is 34.5. The van der Waals surface area contributed by atoms with E-state index in [0.717, 1.165) is 12.1 Å². The van der Waals surface area contributed by atoms with Crippen LogP contribution >= 0.6 is 11.6 Å². The molecule has 0 bridgehead atoms. The second-order valence-electron chi connectivity index (χ2n) is 10.3. The first-order valence-electron chi connectivity index (χ1n) is 13.7. The normalized spacial score (nSPS) is 14.3. The van der Waals surface area contributed by atoms with Gasteiger partial charge in [-0.2, -0.15) is 45.3 Å². The number of anilines is 5. The molecule has 0 atom stereocenters. The van der Waals surface area contributed by atoms with Crippen molar-refractivity contribution in [2.45, 2.75) is 9.79 Å². The van der Waals surface area contributed by atoms with Crippen LogP contribution in [0.1, 0.15) is 15.9 Å². The van der Waals surface area contributed by atoms with Gasteiger partial charge in [-0.3, -0.25) is 23.9 Å². The van der Waals surface area contributed by atoms with Crippen molar-refractivity contribution in [2.75, 3.05) is 16.1 Å². The molecule has 21 heteroatoms. The van der Waals surface area contributed by atoms with E-state index in [1.54, 1.807) is 12.1 Å². The van der Waals surface area contributed by atoms with Crippen molar-refractivity contribution in [1.82, 2.24) is 15.0 Å². The molecule has 6 rings (SSSR count). The number of benzene rings is 4. The van der Waals surface area contributed by atoms with Gasteiger partial charge in [0, 0.05) is 22.3 Å². The molecule has 1 aliphatic rings. The molecule has 50 heavy (non-hydrogen) atoms. The number of rotatable bonds is 9. The molecule has 1 aliphatic carbocycles. The van der Waals surface area contributed by atoms with E-state index in [-0.39, 0.29) is 55.7 Å². The first-order chi connectivity index (χ1) is 23.5. The van der Waals surface area contributed by atoms with Crippen LogP contribution in [0.25, 0.3) is 16.8 Å². The number of fused-ring (bicyclic) bond motifs is 2. The molecule has 1 heterocycles. The minimum Gasteiger partial charge on any atom is -0.324 e. The van der Waals surface area contributed by atoms with Crippen molar-refractivity contribution in [2.24, 2.45) is 5.10 Å². The molecular weight excluding hydrogens is 738 g/mol. The van der Waals surface area contributed by atoms with Gasteiger partial charge in [-0.1, -0.05) is 36.4 Å².